The fourth-order valence-corrected chi connectivity index (χ4v) is 1.88. The fourth-order valence-electron chi connectivity index (χ4n) is 1.13. The van der Waals surface area contributed by atoms with Crippen LogP contribution in [0.5, 0.6) is 0 Å². The van der Waals surface area contributed by atoms with Gasteiger partial charge in [-0.3, -0.25) is 0 Å². The smallest absolute Gasteiger partial charge is 0.234 e. The summed E-state index contributed by atoms with van der Waals surface area (Å²) in [5.41, 5.74) is -1.55. The first kappa shape index (κ1) is 17.1. The number of hydrogen-bond acceptors (Lipinski definition) is 1. The van der Waals surface area contributed by atoms with Crippen LogP contribution in [0.4, 0.5) is 17.6 Å². The quantitative estimate of drug-likeness (QED) is 0.585. The Balaban J connectivity index is 3.22. The van der Waals surface area contributed by atoms with Gasteiger partial charge in [0.05, 0.1) is 15.3 Å². The van der Waals surface area contributed by atoms with Crippen molar-refractivity contribution in [2.24, 2.45) is 4.40 Å². The zero-order chi connectivity index (χ0) is 15.7. The SMILES string of the molecule is CC(C)(C)S(=O)/N=C\c1cc(C(F)(F)F)cc(Cl)c1F. The number of nitrogens with zero attached hydrogens (tertiary/aromatic N) is 1. The molecule has 0 aliphatic rings. The summed E-state index contributed by atoms with van der Waals surface area (Å²) in [5.74, 6) is -1.03. The Morgan fingerprint density at radius 1 is 1.25 bits per heavy atom. The van der Waals surface area contributed by atoms with Crippen molar-refractivity contribution >= 4 is 28.8 Å². The maximum atomic E-state index is 13.6. The molecule has 1 aromatic carbocycles. The lowest BCUT2D eigenvalue weighted by molar-refractivity contribution is -0.137. The van der Waals surface area contributed by atoms with Gasteiger partial charge in [-0.1, -0.05) is 11.6 Å². The summed E-state index contributed by atoms with van der Waals surface area (Å²) in [6, 6.07) is 1.07. The molecule has 0 saturated heterocycles. The number of rotatable bonds is 2. The average Bonchev–Trinajstić information content (AvgIpc) is 2.27. The molecule has 1 rings (SSSR count). The van der Waals surface area contributed by atoms with Crippen LogP contribution in [-0.4, -0.2) is 15.2 Å². The van der Waals surface area contributed by atoms with E-state index in [1.165, 1.54) is 0 Å². The molecule has 8 heteroatoms. The predicted octanol–water partition coefficient (Wildman–Crippen LogP) is 4.38. The first-order valence-electron chi connectivity index (χ1n) is 5.45. The lowest BCUT2D eigenvalue weighted by atomic mass is 10.1. The Kier molecular flexibility index (Phi) is 4.97. The lowest BCUT2D eigenvalue weighted by Crippen LogP contribution is -2.19. The van der Waals surface area contributed by atoms with Crippen molar-refractivity contribution < 1.29 is 21.8 Å². The van der Waals surface area contributed by atoms with Crippen LogP contribution < -0.4 is 0 Å². The van der Waals surface area contributed by atoms with E-state index in [4.69, 9.17) is 11.6 Å². The molecule has 1 unspecified atom stereocenters. The Bertz CT molecular complexity index is 564. The zero-order valence-electron chi connectivity index (χ0n) is 10.9. The molecule has 0 N–H and O–H groups in total. The molecule has 0 fully saturated rings. The second-order valence-corrected chi connectivity index (χ2v) is 7.30. The van der Waals surface area contributed by atoms with Gasteiger partial charge in [-0.2, -0.15) is 17.6 Å². The normalized spacial score (nSPS) is 14.8. The van der Waals surface area contributed by atoms with E-state index in [0.29, 0.717) is 12.1 Å². The van der Waals surface area contributed by atoms with Crippen LogP contribution in [0.1, 0.15) is 31.9 Å². The number of halogens is 5. The summed E-state index contributed by atoms with van der Waals surface area (Å²) in [6.07, 6.45) is -3.85. The first-order chi connectivity index (χ1) is 8.93. The molecule has 0 amide bonds. The third-order valence-electron chi connectivity index (χ3n) is 2.20. The van der Waals surface area contributed by atoms with E-state index in [9.17, 15) is 21.8 Å². The average molecular weight is 330 g/mol. The Morgan fingerprint density at radius 3 is 2.25 bits per heavy atom. The monoisotopic (exact) mass is 329 g/mol. The van der Waals surface area contributed by atoms with Gasteiger partial charge < -0.3 is 0 Å². The minimum Gasteiger partial charge on any atom is -0.234 e. The van der Waals surface area contributed by atoms with Crippen LogP contribution >= 0.6 is 11.6 Å². The Morgan fingerprint density at radius 2 is 1.80 bits per heavy atom. The zero-order valence-corrected chi connectivity index (χ0v) is 12.5. The van der Waals surface area contributed by atoms with Crippen LogP contribution in [0.25, 0.3) is 0 Å². The van der Waals surface area contributed by atoms with E-state index in [1.807, 2.05) is 0 Å². The number of alkyl halides is 3. The van der Waals surface area contributed by atoms with Gasteiger partial charge in [-0.25, -0.2) is 8.60 Å². The van der Waals surface area contributed by atoms with E-state index in [1.54, 1.807) is 20.8 Å². The molecular weight excluding hydrogens is 318 g/mol. The molecule has 1 aromatic rings. The second kappa shape index (κ2) is 5.81. The third-order valence-corrected chi connectivity index (χ3v) is 3.81. The number of hydrogen-bond donors (Lipinski definition) is 0. The molecular formula is C12H12ClF4NOS. The van der Waals surface area contributed by atoms with Crippen molar-refractivity contribution in [1.82, 2.24) is 0 Å². The van der Waals surface area contributed by atoms with E-state index < -0.39 is 43.9 Å². The van der Waals surface area contributed by atoms with Crippen molar-refractivity contribution in [2.75, 3.05) is 0 Å². The van der Waals surface area contributed by atoms with Crippen LogP contribution in [0.15, 0.2) is 16.5 Å². The van der Waals surface area contributed by atoms with Gasteiger partial charge >= 0.3 is 6.18 Å². The Hall–Kier alpha value is -0.950. The van der Waals surface area contributed by atoms with E-state index >= 15 is 0 Å². The van der Waals surface area contributed by atoms with Gasteiger partial charge in [0, 0.05) is 11.8 Å². The highest BCUT2D eigenvalue weighted by Gasteiger charge is 2.32. The summed E-state index contributed by atoms with van der Waals surface area (Å²) < 4.78 is 65.9. The molecule has 0 radical (unpaired) electrons. The second-order valence-electron chi connectivity index (χ2n) is 4.96. The summed E-state index contributed by atoms with van der Waals surface area (Å²) in [4.78, 5) is 0. The van der Waals surface area contributed by atoms with E-state index in [2.05, 4.69) is 4.40 Å². The first-order valence-corrected chi connectivity index (χ1v) is 6.93. The highest BCUT2D eigenvalue weighted by atomic mass is 35.5. The highest BCUT2D eigenvalue weighted by Crippen LogP contribution is 2.33. The van der Waals surface area contributed by atoms with Crippen molar-refractivity contribution in [1.29, 1.82) is 0 Å². The highest BCUT2D eigenvalue weighted by molar-refractivity contribution is 7.85. The largest absolute Gasteiger partial charge is 0.416 e. The molecule has 0 aliphatic heterocycles. The summed E-state index contributed by atoms with van der Waals surface area (Å²) in [7, 11) is -1.70. The van der Waals surface area contributed by atoms with Crippen LogP contribution in [0.3, 0.4) is 0 Å². The Labute approximate surface area is 121 Å². The van der Waals surface area contributed by atoms with Crippen molar-refractivity contribution in [2.45, 2.75) is 31.7 Å². The van der Waals surface area contributed by atoms with Crippen molar-refractivity contribution in [3.63, 3.8) is 0 Å². The molecule has 20 heavy (non-hydrogen) atoms. The molecule has 2 nitrogen and oxygen atoms in total. The molecule has 1 atom stereocenters. The molecule has 0 aliphatic carbocycles. The lowest BCUT2D eigenvalue weighted by Gasteiger charge is -2.13. The maximum Gasteiger partial charge on any atom is 0.416 e. The van der Waals surface area contributed by atoms with Crippen LogP contribution in [0, 0.1) is 5.82 Å². The molecule has 0 saturated carbocycles. The van der Waals surface area contributed by atoms with Crippen LogP contribution in [0.2, 0.25) is 5.02 Å². The topological polar surface area (TPSA) is 29.4 Å². The minimum atomic E-state index is -4.65. The van der Waals surface area contributed by atoms with E-state index in [-0.39, 0.29) is 0 Å². The van der Waals surface area contributed by atoms with Gasteiger partial charge in [-0.15, -0.1) is 0 Å². The van der Waals surface area contributed by atoms with Crippen molar-refractivity contribution in [3.8, 4) is 0 Å². The molecule has 0 bridgehead atoms. The number of benzene rings is 1. The van der Waals surface area contributed by atoms with Gasteiger partial charge in [-0.05, 0) is 32.9 Å². The molecule has 0 heterocycles. The molecule has 0 spiro atoms. The van der Waals surface area contributed by atoms with Gasteiger partial charge in [0.15, 0.2) is 5.82 Å². The minimum absolute atomic E-state index is 0.456. The van der Waals surface area contributed by atoms with E-state index in [0.717, 1.165) is 6.21 Å². The summed E-state index contributed by atoms with van der Waals surface area (Å²) >= 11 is 5.42. The predicted molar refractivity (Wildman–Crippen MR) is 71.9 cm³/mol. The van der Waals surface area contributed by atoms with Gasteiger partial charge in [0.25, 0.3) is 0 Å². The van der Waals surface area contributed by atoms with Crippen LogP contribution in [-0.2, 0) is 17.2 Å². The van der Waals surface area contributed by atoms with Gasteiger partial charge in [0.2, 0.25) is 0 Å². The fraction of sp³-hybridized carbons (Fsp3) is 0.417. The van der Waals surface area contributed by atoms with Crippen molar-refractivity contribution in [3.05, 3.63) is 34.1 Å². The summed E-state index contributed by atoms with van der Waals surface area (Å²) in [6.45, 7) is 4.90. The maximum absolute atomic E-state index is 13.6. The standard InChI is InChI=1S/C12H12ClF4NOS/c1-11(2,3)20(19)18-6-7-4-8(12(15,16)17)5-9(13)10(7)14/h4-6H,1-3H3/b18-6-. The third kappa shape index (κ3) is 4.28. The molecule has 0 aromatic heterocycles. The summed E-state index contributed by atoms with van der Waals surface area (Å²) in [5, 5.41) is -0.664. The molecule has 112 valence electrons. The van der Waals surface area contributed by atoms with Gasteiger partial charge in [0.1, 0.15) is 11.0 Å².